The van der Waals surface area contributed by atoms with Gasteiger partial charge in [-0.2, -0.15) is 0 Å². The number of nitro benzene ring substituents is 1. The van der Waals surface area contributed by atoms with E-state index in [-0.39, 0.29) is 23.7 Å². The maximum absolute atomic E-state index is 12.7. The quantitative estimate of drug-likeness (QED) is 0.612. The number of benzene rings is 1. The lowest BCUT2D eigenvalue weighted by Crippen LogP contribution is -2.53. The summed E-state index contributed by atoms with van der Waals surface area (Å²) in [7, 11) is 0. The van der Waals surface area contributed by atoms with E-state index in [4.69, 9.17) is 0 Å². The Hall–Kier alpha value is -2.84. The molecule has 2 N–H and O–H groups in total. The van der Waals surface area contributed by atoms with E-state index >= 15 is 0 Å². The van der Waals surface area contributed by atoms with Gasteiger partial charge in [0, 0.05) is 50.4 Å². The van der Waals surface area contributed by atoms with Crippen molar-refractivity contribution in [1.29, 1.82) is 0 Å². The number of anilines is 1. The molecule has 1 aliphatic carbocycles. The van der Waals surface area contributed by atoms with E-state index in [9.17, 15) is 19.7 Å². The van der Waals surface area contributed by atoms with Gasteiger partial charge < -0.3 is 20.4 Å². The first kappa shape index (κ1) is 18.0. The molecular formula is C17H23N5O4. The summed E-state index contributed by atoms with van der Waals surface area (Å²) in [5.74, 6) is -0.248. The number of hydrogen-bond donors (Lipinski definition) is 2. The van der Waals surface area contributed by atoms with Gasteiger partial charge in [-0.1, -0.05) is 0 Å². The fraction of sp³-hybridized carbons (Fsp3) is 0.529. The van der Waals surface area contributed by atoms with Crippen LogP contribution in [0.4, 0.5) is 16.2 Å². The van der Waals surface area contributed by atoms with Crippen LogP contribution in [0.3, 0.4) is 0 Å². The lowest BCUT2D eigenvalue weighted by atomic mass is 10.1. The Morgan fingerprint density at radius 2 is 1.85 bits per heavy atom. The molecule has 0 atom stereocenters. The molecule has 0 aromatic heterocycles. The minimum atomic E-state index is -0.464. The largest absolute Gasteiger partial charge is 0.377 e. The first-order valence-corrected chi connectivity index (χ1v) is 8.86. The second-order valence-electron chi connectivity index (χ2n) is 6.52. The summed E-state index contributed by atoms with van der Waals surface area (Å²) in [6.45, 7) is 4.12. The minimum absolute atomic E-state index is 0.0799. The van der Waals surface area contributed by atoms with E-state index in [1.807, 2.05) is 6.92 Å². The number of urea groups is 1. The van der Waals surface area contributed by atoms with Crippen molar-refractivity contribution in [2.24, 2.45) is 0 Å². The lowest BCUT2D eigenvalue weighted by Gasteiger charge is -2.34. The van der Waals surface area contributed by atoms with Crippen LogP contribution in [-0.4, -0.2) is 65.4 Å². The van der Waals surface area contributed by atoms with Gasteiger partial charge in [0.05, 0.1) is 4.92 Å². The molecule has 1 saturated carbocycles. The van der Waals surface area contributed by atoms with Crippen molar-refractivity contribution < 1.29 is 14.5 Å². The van der Waals surface area contributed by atoms with Crippen molar-refractivity contribution in [3.8, 4) is 0 Å². The number of piperazine rings is 1. The molecule has 0 spiro atoms. The molecule has 1 saturated heterocycles. The normalized spacial score (nSPS) is 17.0. The third-order valence-electron chi connectivity index (χ3n) is 4.56. The van der Waals surface area contributed by atoms with E-state index in [0.29, 0.717) is 44.0 Å². The molecule has 0 unspecified atom stereocenters. The Kier molecular flexibility index (Phi) is 5.24. The monoisotopic (exact) mass is 361 g/mol. The number of carbonyl (C=O) groups is 2. The molecule has 0 bridgehead atoms. The van der Waals surface area contributed by atoms with Crippen molar-refractivity contribution in [3.63, 3.8) is 0 Å². The minimum Gasteiger partial charge on any atom is -0.377 e. The van der Waals surface area contributed by atoms with Gasteiger partial charge in [-0.15, -0.1) is 0 Å². The molecule has 1 heterocycles. The number of carbonyl (C=O) groups excluding carboxylic acids is 2. The van der Waals surface area contributed by atoms with E-state index in [2.05, 4.69) is 10.6 Å². The van der Waals surface area contributed by atoms with Crippen molar-refractivity contribution in [1.82, 2.24) is 15.1 Å². The molecule has 3 amide bonds. The molecule has 140 valence electrons. The fourth-order valence-corrected chi connectivity index (χ4v) is 2.94. The zero-order chi connectivity index (χ0) is 18.7. The number of nitrogens with zero attached hydrogens (tertiary/aromatic N) is 3. The van der Waals surface area contributed by atoms with Crippen LogP contribution in [0.1, 0.15) is 30.1 Å². The summed E-state index contributed by atoms with van der Waals surface area (Å²) in [5, 5.41) is 17.2. The second-order valence-corrected chi connectivity index (χ2v) is 6.52. The first-order chi connectivity index (χ1) is 12.5. The Morgan fingerprint density at radius 1 is 1.19 bits per heavy atom. The molecule has 1 aromatic rings. The molecule has 9 nitrogen and oxygen atoms in total. The summed E-state index contributed by atoms with van der Waals surface area (Å²) < 4.78 is 0. The van der Waals surface area contributed by atoms with Gasteiger partial charge in [-0.05, 0) is 31.9 Å². The smallest absolute Gasteiger partial charge is 0.317 e. The van der Waals surface area contributed by atoms with Crippen LogP contribution in [0.25, 0.3) is 0 Å². The molecule has 9 heteroatoms. The number of amides is 3. The van der Waals surface area contributed by atoms with Gasteiger partial charge in [-0.3, -0.25) is 14.9 Å². The van der Waals surface area contributed by atoms with Crippen molar-refractivity contribution in [2.45, 2.75) is 25.8 Å². The fourth-order valence-electron chi connectivity index (χ4n) is 2.94. The number of nitro groups is 1. The van der Waals surface area contributed by atoms with Crippen LogP contribution in [-0.2, 0) is 0 Å². The Labute approximate surface area is 151 Å². The van der Waals surface area contributed by atoms with Crippen LogP contribution >= 0.6 is 0 Å². The Balaban J connectivity index is 1.67. The lowest BCUT2D eigenvalue weighted by molar-refractivity contribution is -0.384. The molecule has 26 heavy (non-hydrogen) atoms. The predicted octanol–water partition coefficient (Wildman–Crippen LogP) is 1.66. The van der Waals surface area contributed by atoms with Gasteiger partial charge in [0.1, 0.15) is 5.69 Å². The Bertz CT molecular complexity index is 711. The van der Waals surface area contributed by atoms with E-state index in [1.165, 1.54) is 6.07 Å². The maximum Gasteiger partial charge on any atom is 0.317 e. The van der Waals surface area contributed by atoms with E-state index < -0.39 is 4.92 Å². The predicted molar refractivity (Wildman–Crippen MR) is 96.3 cm³/mol. The summed E-state index contributed by atoms with van der Waals surface area (Å²) in [6, 6.07) is 4.72. The molecule has 2 aliphatic rings. The zero-order valence-electron chi connectivity index (χ0n) is 14.7. The van der Waals surface area contributed by atoms with Gasteiger partial charge in [0.2, 0.25) is 0 Å². The third kappa shape index (κ3) is 4.04. The molecule has 2 fully saturated rings. The highest BCUT2D eigenvalue weighted by Gasteiger charge is 2.28. The molecule has 3 rings (SSSR count). The highest BCUT2D eigenvalue weighted by Crippen LogP contribution is 2.31. The summed E-state index contributed by atoms with van der Waals surface area (Å²) in [6.07, 6.45) is 2.02. The third-order valence-corrected chi connectivity index (χ3v) is 4.56. The molecule has 1 aromatic carbocycles. The van der Waals surface area contributed by atoms with Crippen molar-refractivity contribution in [3.05, 3.63) is 33.9 Å². The summed E-state index contributed by atoms with van der Waals surface area (Å²) >= 11 is 0. The van der Waals surface area contributed by atoms with Crippen molar-refractivity contribution in [2.75, 3.05) is 38.0 Å². The van der Waals surface area contributed by atoms with Gasteiger partial charge in [0.25, 0.3) is 11.6 Å². The zero-order valence-corrected chi connectivity index (χ0v) is 14.7. The number of nitrogens with one attached hydrogen (secondary N) is 2. The summed E-state index contributed by atoms with van der Waals surface area (Å²) in [5.41, 5.74) is 0.670. The maximum atomic E-state index is 12.7. The highest BCUT2D eigenvalue weighted by atomic mass is 16.6. The number of hydrogen-bond acceptors (Lipinski definition) is 5. The first-order valence-electron chi connectivity index (χ1n) is 8.86. The Morgan fingerprint density at radius 3 is 2.42 bits per heavy atom. The average molecular weight is 361 g/mol. The van der Waals surface area contributed by atoms with Crippen LogP contribution in [0.2, 0.25) is 0 Å². The van der Waals surface area contributed by atoms with Gasteiger partial charge in [0.15, 0.2) is 0 Å². The van der Waals surface area contributed by atoms with Gasteiger partial charge in [-0.25, -0.2) is 4.79 Å². The standard InChI is InChI=1S/C17H23N5O4/c1-2-18-17(24)21-9-7-20(8-10-21)16(23)12-3-6-14(19-13-4-5-13)15(11-12)22(25)26/h3,6,11,13,19H,2,4-5,7-10H2,1H3,(H,18,24). The van der Waals surface area contributed by atoms with Crippen LogP contribution < -0.4 is 10.6 Å². The van der Waals surface area contributed by atoms with E-state index in [1.54, 1.807) is 21.9 Å². The topological polar surface area (TPSA) is 108 Å². The molecular weight excluding hydrogens is 338 g/mol. The highest BCUT2D eigenvalue weighted by molar-refractivity contribution is 5.96. The van der Waals surface area contributed by atoms with Crippen LogP contribution in [0.5, 0.6) is 0 Å². The second kappa shape index (κ2) is 7.59. The summed E-state index contributed by atoms with van der Waals surface area (Å²) in [4.78, 5) is 38.7. The van der Waals surface area contributed by atoms with Crippen LogP contribution in [0.15, 0.2) is 18.2 Å². The SMILES string of the molecule is CCNC(=O)N1CCN(C(=O)c2ccc(NC3CC3)c([N+](=O)[O-])c2)CC1. The van der Waals surface area contributed by atoms with Gasteiger partial charge >= 0.3 is 6.03 Å². The molecule has 0 radical (unpaired) electrons. The number of rotatable bonds is 5. The average Bonchev–Trinajstić information content (AvgIpc) is 3.45. The van der Waals surface area contributed by atoms with Crippen molar-refractivity contribution >= 4 is 23.3 Å². The molecule has 1 aliphatic heterocycles. The van der Waals surface area contributed by atoms with Crippen LogP contribution in [0, 0.1) is 10.1 Å². The van der Waals surface area contributed by atoms with E-state index in [0.717, 1.165) is 12.8 Å².